The number of carbonyl (C=O) groups excluding carboxylic acids is 1. The summed E-state index contributed by atoms with van der Waals surface area (Å²) in [6.45, 7) is 5.54. The van der Waals surface area contributed by atoms with E-state index >= 15 is 0 Å². The van der Waals surface area contributed by atoms with Crippen molar-refractivity contribution in [3.8, 4) is 0 Å². The molecule has 2 aliphatic heterocycles. The van der Waals surface area contributed by atoms with Crippen molar-refractivity contribution in [3.63, 3.8) is 0 Å². The van der Waals surface area contributed by atoms with E-state index in [1.807, 2.05) is 17.2 Å². The quantitative estimate of drug-likeness (QED) is 0.592. The summed E-state index contributed by atoms with van der Waals surface area (Å²) in [5.41, 5.74) is 0. The zero-order valence-electron chi connectivity index (χ0n) is 15.4. The lowest BCUT2D eigenvalue weighted by Gasteiger charge is -2.32. The highest BCUT2D eigenvalue weighted by Crippen LogP contribution is 2.34. The number of nitrogens with zero attached hydrogens (tertiary/aromatic N) is 5. The minimum Gasteiger partial charge on any atom is -0.356 e. The Hall–Kier alpha value is -1.38. The van der Waals surface area contributed by atoms with E-state index in [-0.39, 0.29) is 5.91 Å². The lowest BCUT2D eigenvalue weighted by molar-refractivity contribution is 0.0669. The van der Waals surface area contributed by atoms with Gasteiger partial charge in [0.2, 0.25) is 0 Å². The fraction of sp³-hybridized carbons (Fsp3) is 0.611. The van der Waals surface area contributed by atoms with Crippen LogP contribution in [0.5, 0.6) is 0 Å². The van der Waals surface area contributed by atoms with E-state index < -0.39 is 0 Å². The van der Waals surface area contributed by atoms with E-state index in [9.17, 15) is 4.79 Å². The highest BCUT2D eigenvalue weighted by Gasteiger charge is 2.25. The highest BCUT2D eigenvalue weighted by molar-refractivity contribution is 7.98. The molecule has 0 atom stereocenters. The Labute approximate surface area is 162 Å². The monoisotopic (exact) mass is 391 g/mol. The third-order valence-corrected chi connectivity index (χ3v) is 6.76. The molecule has 0 unspecified atom stereocenters. The van der Waals surface area contributed by atoms with Crippen LogP contribution in [-0.4, -0.2) is 78.2 Å². The second-order valence-corrected chi connectivity index (χ2v) is 8.81. The second kappa shape index (κ2) is 7.70. The number of hydrogen-bond acceptors (Lipinski definition) is 7. The lowest BCUT2D eigenvalue weighted by Crippen LogP contribution is -2.46. The zero-order chi connectivity index (χ0) is 18.1. The Morgan fingerprint density at radius 1 is 1.08 bits per heavy atom. The topological polar surface area (TPSA) is 52.6 Å². The van der Waals surface area contributed by atoms with Gasteiger partial charge in [0.05, 0.1) is 10.3 Å². The number of amides is 1. The van der Waals surface area contributed by atoms with Crippen LogP contribution in [0.1, 0.15) is 28.9 Å². The molecule has 4 heterocycles. The number of piperidine rings is 1. The fourth-order valence-corrected chi connectivity index (χ4v) is 5.01. The molecule has 2 aliphatic rings. The van der Waals surface area contributed by atoms with Gasteiger partial charge >= 0.3 is 0 Å². The van der Waals surface area contributed by atoms with Crippen molar-refractivity contribution in [2.45, 2.75) is 24.4 Å². The maximum absolute atomic E-state index is 13.0. The molecule has 0 spiro atoms. The molecule has 0 bridgehead atoms. The molecule has 8 heteroatoms. The number of likely N-dealkylation sites (N-methyl/N-ethyl adjacent to an activating group) is 1. The molecule has 0 radical (unpaired) electrons. The molecule has 1 amide bonds. The predicted molar refractivity (Wildman–Crippen MR) is 109 cm³/mol. The first-order valence-electron chi connectivity index (χ1n) is 9.24. The van der Waals surface area contributed by atoms with Crippen LogP contribution in [0.25, 0.3) is 10.2 Å². The van der Waals surface area contributed by atoms with Gasteiger partial charge in [-0.2, -0.15) is 0 Å². The second-order valence-electron chi connectivity index (χ2n) is 7.01. The summed E-state index contributed by atoms with van der Waals surface area (Å²) < 4.78 is 0. The van der Waals surface area contributed by atoms with Crippen LogP contribution < -0.4 is 4.90 Å². The van der Waals surface area contributed by atoms with Gasteiger partial charge in [-0.3, -0.25) is 4.79 Å². The molecule has 0 N–H and O–H groups in total. The Bertz CT molecular complexity index is 794. The van der Waals surface area contributed by atoms with Gasteiger partial charge in [0.1, 0.15) is 10.6 Å². The number of thiophene rings is 1. The standard InChI is InChI=1S/C18H25N5OS2/c1-21-8-10-23(11-9-21)17(24)14-12-13-15(22-6-4-3-5-7-22)19-18(25-2)20-16(13)26-14/h12H,3-11H2,1-2H3. The van der Waals surface area contributed by atoms with E-state index in [2.05, 4.69) is 21.8 Å². The van der Waals surface area contributed by atoms with Crippen LogP contribution in [0, 0.1) is 0 Å². The molecule has 0 aromatic carbocycles. The Balaban J connectivity index is 1.68. The van der Waals surface area contributed by atoms with Crippen molar-refractivity contribution in [3.05, 3.63) is 10.9 Å². The molecule has 2 saturated heterocycles. The summed E-state index contributed by atoms with van der Waals surface area (Å²) in [4.78, 5) is 30.7. The van der Waals surface area contributed by atoms with E-state index in [1.54, 1.807) is 11.8 Å². The summed E-state index contributed by atoms with van der Waals surface area (Å²) in [7, 11) is 2.10. The maximum Gasteiger partial charge on any atom is 0.264 e. The maximum atomic E-state index is 13.0. The zero-order valence-corrected chi connectivity index (χ0v) is 17.0. The van der Waals surface area contributed by atoms with Gasteiger partial charge in [-0.15, -0.1) is 11.3 Å². The van der Waals surface area contributed by atoms with E-state index in [4.69, 9.17) is 4.98 Å². The van der Waals surface area contributed by atoms with Crippen LogP contribution in [-0.2, 0) is 0 Å². The van der Waals surface area contributed by atoms with Crippen molar-refractivity contribution >= 4 is 45.0 Å². The van der Waals surface area contributed by atoms with Crippen molar-refractivity contribution in [1.29, 1.82) is 0 Å². The Morgan fingerprint density at radius 3 is 2.50 bits per heavy atom. The van der Waals surface area contributed by atoms with E-state index in [1.165, 1.54) is 30.6 Å². The minimum atomic E-state index is 0.136. The van der Waals surface area contributed by atoms with Crippen LogP contribution in [0.15, 0.2) is 11.2 Å². The number of fused-ring (bicyclic) bond motifs is 1. The van der Waals surface area contributed by atoms with Gasteiger partial charge in [0, 0.05) is 39.3 Å². The molecular formula is C18H25N5OS2. The first-order valence-corrected chi connectivity index (χ1v) is 11.3. The van der Waals surface area contributed by atoms with Crippen LogP contribution in [0.3, 0.4) is 0 Å². The van der Waals surface area contributed by atoms with Gasteiger partial charge in [-0.1, -0.05) is 11.8 Å². The van der Waals surface area contributed by atoms with Crippen LogP contribution >= 0.6 is 23.1 Å². The average Bonchev–Trinajstić information content (AvgIpc) is 3.12. The van der Waals surface area contributed by atoms with Crippen molar-refractivity contribution in [2.24, 2.45) is 0 Å². The highest BCUT2D eigenvalue weighted by atomic mass is 32.2. The van der Waals surface area contributed by atoms with Gasteiger partial charge in [-0.25, -0.2) is 9.97 Å². The summed E-state index contributed by atoms with van der Waals surface area (Å²) >= 11 is 3.08. The van der Waals surface area contributed by atoms with Gasteiger partial charge in [0.25, 0.3) is 5.91 Å². The molecule has 4 rings (SSSR count). The van der Waals surface area contributed by atoms with E-state index in [0.29, 0.717) is 0 Å². The van der Waals surface area contributed by atoms with Crippen molar-refractivity contribution in [2.75, 3.05) is 57.5 Å². The number of thioether (sulfide) groups is 1. The van der Waals surface area contributed by atoms with Crippen LogP contribution in [0.2, 0.25) is 0 Å². The molecule has 0 saturated carbocycles. The van der Waals surface area contributed by atoms with Gasteiger partial charge in [0.15, 0.2) is 5.16 Å². The number of aromatic nitrogens is 2. The molecule has 2 aromatic heterocycles. The molecule has 26 heavy (non-hydrogen) atoms. The summed E-state index contributed by atoms with van der Waals surface area (Å²) in [6.07, 6.45) is 5.70. The number of rotatable bonds is 3. The summed E-state index contributed by atoms with van der Waals surface area (Å²) in [5.74, 6) is 1.14. The van der Waals surface area contributed by atoms with Crippen molar-refractivity contribution in [1.82, 2.24) is 19.8 Å². The summed E-state index contributed by atoms with van der Waals surface area (Å²) in [6, 6.07) is 2.02. The first kappa shape index (κ1) is 18.0. The fourth-order valence-electron chi connectivity index (χ4n) is 3.60. The number of anilines is 1. The summed E-state index contributed by atoms with van der Waals surface area (Å²) in [5, 5.41) is 1.82. The first-order chi connectivity index (χ1) is 12.7. The third-order valence-electron chi connectivity index (χ3n) is 5.19. The molecule has 6 nitrogen and oxygen atoms in total. The van der Waals surface area contributed by atoms with Crippen LogP contribution in [0.4, 0.5) is 5.82 Å². The molecule has 0 aliphatic carbocycles. The number of piperazine rings is 1. The SMILES string of the molecule is CSc1nc(N2CCCCC2)c2cc(C(=O)N3CCN(C)CC3)sc2n1. The Morgan fingerprint density at radius 2 is 1.81 bits per heavy atom. The number of hydrogen-bond donors (Lipinski definition) is 0. The lowest BCUT2D eigenvalue weighted by atomic mass is 10.1. The number of carbonyl (C=O) groups is 1. The van der Waals surface area contributed by atoms with E-state index in [0.717, 1.165) is 65.3 Å². The predicted octanol–water partition coefficient (Wildman–Crippen LogP) is 2.79. The molecular weight excluding hydrogens is 366 g/mol. The minimum absolute atomic E-state index is 0.136. The normalized spacial score (nSPS) is 19.3. The molecule has 2 fully saturated rings. The molecule has 140 valence electrons. The van der Waals surface area contributed by atoms with Gasteiger partial charge in [-0.05, 0) is 38.6 Å². The third kappa shape index (κ3) is 3.54. The van der Waals surface area contributed by atoms with Gasteiger partial charge < -0.3 is 14.7 Å². The molecule has 2 aromatic rings. The van der Waals surface area contributed by atoms with Crippen molar-refractivity contribution < 1.29 is 4.79 Å². The Kier molecular flexibility index (Phi) is 5.33. The average molecular weight is 392 g/mol. The largest absolute Gasteiger partial charge is 0.356 e. The smallest absolute Gasteiger partial charge is 0.264 e.